The first-order valence-corrected chi connectivity index (χ1v) is 10.8. The average Bonchev–Trinajstić information content (AvgIpc) is 2.69. The quantitative estimate of drug-likeness (QED) is 0.670. The van der Waals surface area contributed by atoms with Gasteiger partial charge in [-0.3, -0.25) is 0 Å². The molecule has 0 saturated carbocycles. The Morgan fingerprint density at radius 2 is 1.35 bits per heavy atom. The molecule has 0 spiro atoms. The van der Waals surface area contributed by atoms with E-state index >= 15 is 0 Å². The third-order valence-corrected chi connectivity index (χ3v) is 7.79. The van der Waals surface area contributed by atoms with Crippen LogP contribution in [-0.2, 0) is 13.3 Å². The molecular formula is C21H30O4Si. The first kappa shape index (κ1) is 20.6. The standard InChI is InChI=1S/C21H30O4Si/c1-6-17(19-7-11-20(22)12-8-19)15-16(2)18-9-13-21(14-10-18)26(23-3,24-4)25-5/h7-14,16-17,22H,6,15H2,1-5H3. The van der Waals surface area contributed by atoms with Gasteiger partial charge in [0.25, 0.3) is 0 Å². The van der Waals surface area contributed by atoms with Gasteiger partial charge in [0.1, 0.15) is 5.75 Å². The minimum atomic E-state index is -2.77. The van der Waals surface area contributed by atoms with Crippen LogP contribution in [0.2, 0.25) is 0 Å². The molecule has 5 heteroatoms. The molecule has 0 heterocycles. The Morgan fingerprint density at radius 3 is 1.81 bits per heavy atom. The van der Waals surface area contributed by atoms with Crippen LogP contribution in [-0.4, -0.2) is 35.2 Å². The van der Waals surface area contributed by atoms with Gasteiger partial charge < -0.3 is 18.4 Å². The number of rotatable bonds is 9. The monoisotopic (exact) mass is 374 g/mol. The fourth-order valence-electron chi connectivity index (χ4n) is 3.47. The zero-order valence-corrected chi connectivity index (χ0v) is 17.4. The van der Waals surface area contributed by atoms with E-state index in [0.717, 1.165) is 18.0 Å². The second-order valence-electron chi connectivity index (χ2n) is 6.62. The van der Waals surface area contributed by atoms with E-state index in [9.17, 15) is 5.11 Å². The Bertz CT molecular complexity index is 657. The van der Waals surface area contributed by atoms with Crippen LogP contribution in [0.5, 0.6) is 5.75 Å². The van der Waals surface area contributed by atoms with Crippen molar-refractivity contribution in [3.8, 4) is 5.75 Å². The highest BCUT2D eigenvalue weighted by Gasteiger charge is 2.40. The summed E-state index contributed by atoms with van der Waals surface area (Å²) in [5.74, 6) is 1.21. The SMILES string of the molecule is CCC(CC(C)c1ccc([Si](OC)(OC)OC)cc1)c1ccc(O)cc1. The Hall–Kier alpha value is -1.66. The van der Waals surface area contributed by atoms with Crippen LogP contribution in [0, 0.1) is 0 Å². The molecule has 2 aromatic rings. The van der Waals surface area contributed by atoms with Crippen LogP contribution in [0.25, 0.3) is 0 Å². The largest absolute Gasteiger partial charge is 0.536 e. The van der Waals surface area contributed by atoms with Gasteiger partial charge in [0.2, 0.25) is 0 Å². The molecule has 0 amide bonds. The highest BCUT2D eigenvalue weighted by molar-refractivity contribution is 6.75. The van der Waals surface area contributed by atoms with Gasteiger partial charge in [-0.15, -0.1) is 0 Å². The van der Waals surface area contributed by atoms with Crippen LogP contribution in [0.1, 0.15) is 49.7 Å². The van der Waals surface area contributed by atoms with E-state index < -0.39 is 8.80 Å². The van der Waals surface area contributed by atoms with Crippen molar-refractivity contribution in [2.75, 3.05) is 21.3 Å². The maximum atomic E-state index is 9.50. The molecule has 0 saturated heterocycles. The van der Waals surface area contributed by atoms with E-state index in [0.29, 0.717) is 17.6 Å². The van der Waals surface area contributed by atoms with Crippen molar-refractivity contribution >= 4 is 14.0 Å². The van der Waals surface area contributed by atoms with Gasteiger partial charge >= 0.3 is 8.80 Å². The molecular weight excluding hydrogens is 344 g/mol. The molecule has 2 atom stereocenters. The summed E-state index contributed by atoms with van der Waals surface area (Å²) in [6, 6.07) is 16.0. The summed E-state index contributed by atoms with van der Waals surface area (Å²) in [6.07, 6.45) is 2.13. The van der Waals surface area contributed by atoms with Crippen molar-refractivity contribution < 1.29 is 18.4 Å². The van der Waals surface area contributed by atoms with E-state index in [4.69, 9.17) is 13.3 Å². The summed E-state index contributed by atoms with van der Waals surface area (Å²) >= 11 is 0. The van der Waals surface area contributed by atoms with Crippen LogP contribution >= 0.6 is 0 Å². The second kappa shape index (κ2) is 9.32. The minimum Gasteiger partial charge on any atom is -0.508 e. The minimum absolute atomic E-state index is 0.314. The lowest BCUT2D eigenvalue weighted by Crippen LogP contribution is -2.54. The molecule has 1 N–H and O–H groups in total. The lowest BCUT2D eigenvalue weighted by Gasteiger charge is -2.25. The summed E-state index contributed by atoms with van der Waals surface area (Å²) < 4.78 is 16.6. The fraction of sp³-hybridized carbons (Fsp3) is 0.429. The molecule has 0 aromatic heterocycles. The summed E-state index contributed by atoms with van der Waals surface area (Å²) in [5.41, 5.74) is 2.57. The summed E-state index contributed by atoms with van der Waals surface area (Å²) in [7, 11) is 2.10. The van der Waals surface area contributed by atoms with Crippen LogP contribution in [0.3, 0.4) is 0 Å². The molecule has 0 aliphatic heterocycles. The molecule has 0 fully saturated rings. The summed E-state index contributed by atoms with van der Waals surface area (Å²) in [6.45, 7) is 4.47. The lowest BCUT2D eigenvalue weighted by atomic mass is 9.84. The van der Waals surface area contributed by atoms with Gasteiger partial charge in [-0.25, -0.2) is 0 Å². The van der Waals surface area contributed by atoms with Crippen molar-refractivity contribution in [1.29, 1.82) is 0 Å². The Balaban J connectivity index is 2.13. The normalized spacial score (nSPS) is 14.2. The average molecular weight is 375 g/mol. The molecule has 0 aliphatic rings. The second-order valence-corrected chi connectivity index (χ2v) is 9.54. The number of hydrogen-bond donors (Lipinski definition) is 1. The molecule has 0 aliphatic carbocycles. The van der Waals surface area contributed by atoms with Crippen LogP contribution in [0.15, 0.2) is 48.5 Å². The van der Waals surface area contributed by atoms with E-state index in [1.807, 2.05) is 12.1 Å². The maximum absolute atomic E-state index is 9.50. The zero-order valence-electron chi connectivity index (χ0n) is 16.4. The highest BCUT2D eigenvalue weighted by Crippen LogP contribution is 2.32. The number of hydrogen-bond acceptors (Lipinski definition) is 4. The lowest BCUT2D eigenvalue weighted by molar-refractivity contribution is 0.140. The third-order valence-electron chi connectivity index (χ3n) is 5.13. The van der Waals surface area contributed by atoms with Gasteiger partial charge in [-0.2, -0.15) is 0 Å². The number of phenolic OH excluding ortho intramolecular Hbond substituents is 1. The number of phenols is 1. The van der Waals surface area contributed by atoms with Gasteiger partial charge in [-0.1, -0.05) is 50.2 Å². The smallest absolute Gasteiger partial charge is 0.508 e. The third kappa shape index (κ3) is 4.54. The topological polar surface area (TPSA) is 47.9 Å². The van der Waals surface area contributed by atoms with Gasteiger partial charge in [0, 0.05) is 26.5 Å². The van der Waals surface area contributed by atoms with Crippen molar-refractivity contribution in [3.05, 3.63) is 59.7 Å². The van der Waals surface area contributed by atoms with Crippen molar-refractivity contribution in [2.45, 2.75) is 38.5 Å². The van der Waals surface area contributed by atoms with E-state index in [1.54, 1.807) is 33.5 Å². The Labute approximate surface area is 158 Å². The predicted octanol–water partition coefficient (Wildman–Crippen LogP) is 4.16. The fourth-order valence-corrected chi connectivity index (χ4v) is 5.25. The maximum Gasteiger partial charge on any atom is 0.536 e. The van der Waals surface area contributed by atoms with E-state index in [1.165, 1.54) is 11.1 Å². The predicted molar refractivity (Wildman–Crippen MR) is 107 cm³/mol. The summed E-state index contributed by atoms with van der Waals surface area (Å²) in [4.78, 5) is 0. The first-order chi connectivity index (χ1) is 12.5. The molecule has 0 radical (unpaired) electrons. The van der Waals surface area contributed by atoms with E-state index in [2.05, 4.69) is 38.1 Å². The zero-order chi connectivity index (χ0) is 19.2. The highest BCUT2D eigenvalue weighted by atomic mass is 28.4. The van der Waals surface area contributed by atoms with Gasteiger partial charge in [0.15, 0.2) is 0 Å². The molecule has 2 aromatic carbocycles. The summed E-state index contributed by atoms with van der Waals surface area (Å²) in [5, 5.41) is 10.5. The molecule has 2 unspecified atom stereocenters. The van der Waals surface area contributed by atoms with Gasteiger partial charge in [-0.05, 0) is 47.9 Å². The molecule has 0 bridgehead atoms. The Morgan fingerprint density at radius 1 is 0.846 bits per heavy atom. The van der Waals surface area contributed by atoms with Crippen molar-refractivity contribution in [2.24, 2.45) is 0 Å². The number of aromatic hydroxyl groups is 1. The van der Waals surface area contributed by atoms with Crippen molar-refractivity contribution in [3.63, 3.8) is 0 Å². The van der Waals surface area contributed by atoms with Crippen LogP contribution in [0.4, 0.5) is 0 Å². The molecule has 142 valence electrons. The molecule has 26 heavy (non-hydrogen) atoms. The Kier molecular flexibility index (Phi) is 7.40. The molecule has 2 rings (SSSR count). The van der Waals surface area contributed by atoms with Crippen LogP contribution < -0.4 is 5.19 Å². The molecule has 4 nitrogen and oxygen atoms in total. The number of benzene rings is 2. The first-order valence-electron chi connectivity index (χ1n) is 9.04. The van der Waals surface area contributed by atoms with Crippen molar-refractivity contribution in [1.82, 2.24) is 0 Å². The van der Waals surface area contributed by atoms with E-state index in [-0.39, 0.29) is 0 Å². The van der Waals surface area contributed by atoms with Gasteiger partial charge in [0.05, 0.1) is 0 Å².